The molecule has 1 N–H and O–H groups in total. The quantitative estimate of drug-likeness (QED) is 0.867. The van der Waals surface area contributed by atoms with Crippen molar-refractivity contribution >= 4 is 15.9 Å². The summed E-state index contributed by atoms with van der Waals surface area (Å²) in [6.07, 6.45) is 2.75. The van der Waals surface area contributed by atoms with Crippen LogP contribution in [0.1, 0.15) is 18.4 Å². The van der Waals surface area contributed by atoms with Gasteiger partial charge in [0.25, 0.3) is 0 Å². The molecule has 0 aromatic heterocycles. The molecule has 1 aromatic carbocycles. The van der Waals surface area contributed by atoms with E-state index in [0.29, 0.717) is 38.1 Å². The molecule has 0 spiro atoms. The van der Waals surface area contributed by atoms with E-state index in [4.69, 9.17) is 4.74 Å². The van der Waals surface area contributed by atoms with Gasteiger partial charge in [0, 0.05) is 24.7 Å². The van der Waals surface area contributed by atoms with Crippen molar-refractivity contribution in [3.63, 3.8) is 0 Å². The van der Waals surface area contributed by atoms with E-state index in [1.807, 2.05) is 24.3 Å². The first-order valence-electron chi connectivity index (χ1n) is 7.26. The zero-order valence-electron chi connectivity index (χ0n) is 12.9. The maximum atomic E-state index is 12.4. The number of hydrogen-bond acceptors (Lipinski definition) is 4. The highest BCUT2D eigenvalue weighted by molar-refractivity contribution is 7.88. The molecule has 122 valence electrons. The van der Waals surface area contributed by atoms with Crippen molar-refractivity contribution in [2.45, 2.75) is 25.3 Å². The molecule has 22 heavy (non-hydrogen) atoms. The maximum absolute atomic E-state index is 12.4. The van der Waals surface area contributed by atoms with Gasteiger partial charge in [0.05, 0.1) is 19.8 Å². The van der Waals surface area contributed by atoms with Crippen LogP contribution in [0.15, 0.2) is 24.3 Å². The van der Waals surface area contributed by atoms with E-state index in [9.17, 15) is 13.2 Å². The molecule has 0 radical (unpaired) electrons. The number of rotatable bonds is 5. The van der Waals surface area contributed by atoms with Gasteiger partial charge in [-0.05, 0) is 18.9 Å². The average Bonchev–Trinajstić information content (AvgIpc) is 2.47. The highest BCUT2D eigenvalue weighted by atomic mass is 32.2. The van der Waals surface area contributed by atoms with E-state index in [1.54, 1.807) is 12.0 Å². The summed E-state index contributed by atoms with van der Waals surface area (Å²) in [7, 11) is -1.60. The van der Waals surface area contributed by atoms with E-state index >= 15 is 0 Å². The minimum absolute atomic E-state index is 0.0438. The van der Waals surface area contributed by atoms with Crippen LogP contribution in [-0.2, 0) is 21.2 Å². The Morgan fingerprint density at radius 2 is 1.95 bits per heavy atom. The molecule has 0 bridgehead atoms. The number of benzene rings is 1. The van der Waals surface area contributed by atoms with E-state index in [1.165, 1.54) is 0 Å². The van der Waals surface area contributed by atoms with Crippen LogP contribution in [0.5, 0.6) is 5.75 Å². The number of carbonyl (C=O) groups excluding carboxylic acids is 1. The number of likely N-dealkylation sites (tertiary alicyclic amines) is 1. The number of amides is 1. The van der Waals surface area contributed by atoms with Gasteiger partial charge in [-0.25, -0.2) is 13.1 Å². The molecule has 2 rings (SSSR count). The van der Waals surface area contributed by atoms with Gasteiger partial charge in [-0.2, -0.15) is 0 Å². The van der Waals surface area contributed by atoms with Crippen molar-refractivity contribution in [1.82, 2.24) is 9.62 Å². The maximum Gasteiger partial charge on any atom is 0.227 e. The number of sulfonamides is 1. The lowest BCUT2D eigenvalue weighted by molar-refractivity contribution is -0.131. The van der Waals surface area contributed by atoms with Crippen molar-refractivity contribution in [3.05, 3.63) is 29.8 Å². The van der Waals surface area contributed by atoms with Crippen LogP contribution in [0.3, 0.4) is 0 Å². The number of hydrogen-bond donors (Lipinski definition) is 1. The number of para-hydroxylation sites is 1. The number of nitrogens with zero attached hydrogens (tertiary/aromatic N) is 1. The molecule has 1 heterocycles. The summed E-state index contributed by atoms with van der Waals surface area (Å²) in [5, 5.41) is 0. The number of nitrogens with one attached hydrogen (secondary N) is 1. The van der Waals surface area contributed by atoms with E-state index in [0.717, 1.165) is 11.8 Å². The number of carbonyl (C=O) groups is 1. The molecule has 1 amide bonds. The summed E-state index contributed by atoms with van der Waals surface area (Å²) in [5.41, 5.74) is 0.867. The van der Waals surface area contributed by atoms with Gasteiger partial charge >= 0.3 is 0 Å². The monoisotopic (exact) mass is 326 g/mol. The fourth-order valence-corrected chi connectivity index (χ4v) is 3.51. The van der Waals surface area contributed by atoms with Crippen molar-refractivity contribution in [2.75, 3.05) is 26.5 Å². The first-order valence-corrected chi connectivity index (χ1v) is 9.15. The fourth-order valence-electron chi connectivity index (χ4n) is 2.67. The summed E-state index contributed by atoms with van der Waals surface area (Å²) in [6, 6.07) is 7.40. The highest BCUT2D eigenvalue weighted by Gasteiger charge is 2.24. The highest BCUT2D eigenvalue weighted by Crippen LogP contribution is 2.20. The van der Waals surface area contributed by atoms with Gasteiger partial charge < -0.3 is 9.64 Å². The molecular weight excluding hydrogens is 304 g/mol. The Labute approximate surface area is 131 Å². The van der Waals surface area contributed by atoms with Crippen LogP contribution < -0.4 is 9.46 Å². The van der Waals surface area contributed by atoms with Gasteiger partial charge in [-0.15, -0.1) is 0 Å². The third-order valence-electron chi connectivity index (χ3n) is 3.76. The summed E-state index contributed by atoms with van der Waals surface area (Å²) in [5.74, 6) is 0.756. The Morgan fingerprint density at radius 1 is 1.32 bits per heavy atom. The smallest absolute Gasteiger partial charge is 0.227 e. The average molecular weight is 326 g/mol. The lowest BCUT2D eigenvalue weighted by Crippen LogP contribution is -2.46. The first-order chi connectivity index (χ1) is 10.4. The number of ether oxygens (including phenoxy) is 1. The van der Waals surface area contributed by atoms with Crippen molar-refractivity contribution in [1.29, 1.82) is 0 Å². The normalized spacial score (nSPS) is 16.5. The fraction of sp³-hybridized carbons (Fsp3) is 0.533. The Morgan fingerprint density at radius 3 is 2.55 bits per heavy atom. The molecular formula is C15H22N2O4S. The summed E-state index contributed by atoms with van der Waals surface area (Å²) < 4.78 is 30.3. The minimum Gasteiger partial charge on any atom is -0.496 e. The Bertz CT molecular complexity index is 622. The van der Waals surface area contributed by atoms with Crippen LogP contribution in [0.25, 0.3) is 0 Å². The summed E-state index contributed by atoms with van der Waals surface area (Å²) >= 11 is 0. The first kappa shape index (κ1) is 16.8. The van der Waals surface area contributed by atoms with Crippen LogP contribution in [-0.4, -0.2) is 51.7 Å². The van der Waals surface area contributed by atoms with Gasteiger partial charge in [0.1, 0.15) is 5.75 Å². The molecule has 1 aliphatic heterocycles. The molecule has 1 aliphatic rings. The zero-order valence-corrected chi connectivity index (χ0v) is 13.7. The second-order valence-corrected chi connectivity index (χ2v) is 7.31. The standard InChI is InChI=1S/C15H22N2O4S/c1-21-14-6-4-3-5-12(14)11-15(18)17-9-7-13(8-10-17)16-22(2,19)20/h3-6,13,16H,7-11H2,1-2H3. The van der Waals surface area contributed by atoms with Crippen LogP contribution in [0.4, 0.5) is 0 Å². The largest absolute Gasteiger partial charge is 0.496 e. The Hall–Kier alpha value is -1.60. The summed E-state index contributed by atoms with van der Waals surface area (Å²) in [6.45, 7) is 1.14. The van der Waals surface area contributed by atoms with Gasteiger partial charge in [-0.3, -0.25) is 4.79 Å². The molecule has 0 unspecified atom stereocenters. The Balaban J connectivity index is 1.90. The van der Waals surface area contributed by atoms with Crippen LogP contribution >= 0.6 is 0 Å². The molecule has 0 atom stereocenters. The second-order valence-electron chi connectivity index (χ2n) is 5.53. The molecule has 1 aromatic rings. The number of piperidine rings is 1. The molecule has 0 aliphatic carbocycles. The lowest BCUT2D eigenvalue weighted by atomic mass is 10.0. The molecule has 1 fully saturated rings. The second kappa shape index (κ2) is 7.11. The molecule has 0 saturated carbocycles. The van der Waals surface area contributed by atoms with Gasteiger partial charge in [0.2, 0.25) is 15.9 Å². The predicted molar refractivity (Wildman–Crippen MR) is 84.3 cm³/mol. The Kier molecular flexibility index (Phi) is 5.42. The predicted octanol–water partition coefficient (Wildman–Crippen LogP) is 0.778. The summed E-state index contributed by atoms with van der Waals surface area (Å²) in [4.78, 5) is 14.1. The van der Waals surface area contributed by atoms with Crippen LogP contribution in [0.2, 0.25) is 0 Å². The van der Waals surface area contributed by atoms with Gasteiger partial charge in [0.15, 0.2) is 0 Å². The topological polar surface area (TPSA) is 75.7 Å². The van der Waals surface area contributed by atoms with Crippen molar-refractivity contribution in [3.8, 4) is 5.75 Å². The van der Waals surface area contributed by atoms with Crippen LogP contribution in [0, 0.1) is 0 Å². The van der Waals surface area contributed by atoms with Crippen molar-refractivity contribution in [2.24, 2.45) is 0 Å². The molecule has 1 saturated heterocycles. The van der Waals surface area contributed by atoms with Crippen molar-refractivity contribution < 1.29 is 17.9 Å². The lowest BCUT2D eigenvalue weighted by Gasteiger charge is -2.32. The third kappa shape index (κ3) is 4.71. The van der Waals surface area contributed by atoms with E-state index in [2.05, 4.69) is 4.72 Å². The minimum atomic E-state index is -3.19. The van der Waals surface area contributed by atoms with E-state index in [-0.39, 0.29) is 11.9 Å². The SMILES string of the molecule is COc1ccccc1CC(=O)N1CCC(NS(C)(=O)=O)CC1. The number of methoxy groups -OCH3 is 1. The van der Waals surface area contributed by atoms with E-state index < -0.39 is 10.0 Å². The van der Waals surface area contributed by atoms with Gasteiger partial charge in [-0.1, -0.05) is 18.2 Å². The zero-order chi connectivity index (χ0) is 16.2. The third-order valence-corrected chi connectivity index (χ3v) is 4.52. The molecule has 6 nitrogen and oxygen atoms in total. The molecule has 7 heteroatoms.